The summed E-state index contributed by atoms with van der Waals surface area (Å²) in [5.41, 5.74) is 1.28. The third kappa shape index (κ3) is 4.22. The maximum absolute atomic E-state index is 12.0. The van der Waals surface area contributed by atoms with E-state index in [2.05, 4.69) is 9.72 Å². The molecule has 0 N–H and O–H groups in total. The van der Waals surface area contributed by atoms with Crippen LogP contribution < -0.4 is 0 Å². The number of pyridine rings is 1. The SMILES string of the molecule is COC(=O)c1cccc(C(=O)COCc2ccccc2)n1. The van der Waals surface area contributed by atoms with Crippen LogP contribution in [0.15, 0.2) is 48.5 Å². The van der Waals surface area contributed by atoms with Gasteiger partial charge in [-0.05, 0) is 17.7 Å². The summed E-state index contributed by atoms with van der Waals surface area (Å²) in [5, 5.41) is 0. The van der Waals surface area contributed by atoms with Crippen molar-refractivity contribution in [1.29, 1.82) is 0 Å². The van der Waals surface area contributed by atoms with Crippen molar-refractivity contribution < 1.29 is 19.1 Å². The molecule has 1 heterocycles. The summed E-state index contributed by atoms with van der Waals surface area (Å²) in [5.74, 6) is -0.855. The average Bonchev–Trinajstić information content (AvgIpc) is 2.55. The van der Waals surface area contributed by atoms with Crippen molar-refractivity contribution in [2.75, 3.05) is 13.7 Å². The van der Waals surface area contributed by atoms with Crippen molar-refractivity contribution in [1.82, 2.24) is 4.98 Å². The molecule has 1 aromatic carbocycles. The monoisotopic (exact) mass is 285 g/mol. The van der Waals surface area contributed by atoms with Crippen LogP contribution in [0, 0.1) is 0 Å². The maximum Gasteiger partial charge on any atom is 0.356 e. The van der Waals surface area contributed by atoms with Crippen LogP contribution in [0.1, 0.15) is 26.5 Å². The molecule has 0 aliphatic rings. The summed E-state index contributed by atoms with van der Waals surface area (Å²) in [6, 6.07) is 14.2. The van der Waals surface area contributed by atoms with Crippen molar-refractivity contribution >= 4 is 11.8 Å². The first-order valence-corrected chi connectivity index (χ1v) is 6.41. The number of ketones is 1. The van der Waals surface area contributed by atoms with Gasteiger partial charge in [0.25, 0.3) is 0 Å². The van der Waals surface area contributed by atoms with Crippen molar-refractivity contribution in [3.8, 4) is 0 Å². The Balaban J connectivity index is 1.93. The highest BCUT2D eigenvalue weighted by atomic mass is 16.5. The zero-order chi connectivity index (χ0) is 15.1. The van der Waals surface area contributed by atoms with Gasteiger partial charge in [0.1, 0.15) is 18.0 Å². The first-order chi connectivity index (χ1) is 10.2. The molecule has 0 amide bonds. The molecular formula is C16H15NO4. The first-order valence-electron chi connectivity index (χ1n) is 6.41. The normalized spacial score (nSPS) is 10.1. The van der Waals surface area contributed by atoms with Gasteiger partial charge in [-0.25, -0.2) is 9.78 Å². The number of ether oxygens (including phenoxy) is 2. The molecule has 0 spiro atoms. The van der Waals surface area contributed by atoms with E-state index < -0.39 is 5.97 Å². The highest BCUT2D eigenvalue weighted by Gasteiger charge is 2.12. The molecular weight excluding hydrogens is 270 g/mol. The first kappa shape index (κ1) is 14.9. The van der Waals surface area contributed by atoms with Crippen molar-refractivity contribution in [2.24, 2.45) is 0 Å². The van der Waals surface area contributed by atoms with Crippen LogP contribution in [-0.4, -0.2) is 30.5 Å². The van der Waals surface area contributed by atoms with Gasteiger partial charge in [0.15, 0.2) is 0 Å². The Hall–Kier alpha value is -2.53. The topological polar surface area (TPSA) is 65.5 Å². The zero-order valence-corrected chi connectivity index (χ0v) is 11.6. The fourth-order valence-electron chi connectivity index (χ4n) is 1.72. The van der Waals surface area contributed by atoms with Crippen LogP contribution in [0.3, 0.4) is 0 Å². The van der Waals surface area contributed by atoms with Gasteiger partial charge < -0.3 is 9.47 Å². The molecule has 0 bridgehead atoms. The van der Waals surface area contributed by atoms with Crippen LogP contribution in [0.25, 0.3) is 0 Å². The van der Waals surface area contributed by atoms with E-state index in [0.29, 0.717) is 6.61 Å². The van der Waals surface area contributed by atoms with E-state index in [0.717, 1.165) is 5.56 Å². The maximum atomic E-state index is 12.0. The zero-order valence-electron chi connectivity index (χ0n) is 11.6. The summed E-state index contributed by atoms with van der Waals surface area (Å²) < 4.78 is 9.92. The molecule has 1 aromatic heterocycles. The molecule has 0 radical (unpaired) electrons. The van der Waals surface area contributed by atoms with Gasteiger partial charge in [0.2, 0.25) is 5.78 Å². The summed E-state index contributed by atoms with van der Waals surface area (Å²) in [7, 11) is 1.27. The van der Waals surface area contributed by atoms with Crippen molar-refractivity contribution in [3.05, 3.63) is 65.5 Å². The number of rotatable bonds is 6. The molecule has 2 aromatic rings. The van der Waals surface area contributed by atoms with E-state index in [1.54, 1.807) is 12.1 Å². The predicted molar refractivity (Wildman–Crippen MR) is 76.0 cm³/mol. The van der Waals surface area contributed by atoms with Crippen LogP contribution >= 0.6 is 0 Å². The number of Topliss-reactive ketones (excluding diaryl/α,β-unsaturated/α-hetero) is 1. The van der Waals surface area contributed by atoms with Crippen LogP contribution in [0.2, 0.25) is 0 Å². The van der Waals surface area contributed by atoms with Gasteiger partial charge >= 0.3 is 5.97 Å². The van der Waals surface area contributed by atoms with Gasteiger partial charge in [-0.3, -0.25) is 4.79 Å². The minimum atomic E-state index is -0.574. The van der Waals surface area contributed by atoms with Gasteiger partial charge in [0.05, 0.1) is 13.7 Å². The van der Waals surface area contributed by atoms with Crippen molar-refractivity contribution in [2.45, 2.75) is 6.61 Å². The molecule has 0 fully saturated rings. The number of nitrogens with zero attached hydrogens (tertiary/aromatic N) is 1. The third-order valence-electron chi connectivity index (χ3n) is 2.77. The van der Waals surface area contributed by atoms with E-state index in [-0.39, 0.29) is 23.8 Å². The quantitative estimate of drug-likeness (QED) is 0.601. The number of carbonyl (C=O) groups excluding carboxylic acids is 2. The van der Waals surface area contributed by atoms with Crippen LogP contribution in [0.5, 0.6) is 0 Å². The molecule has 0 atom stereocenters. The number of aromatic nitrogens is 1. The molecule has 108 valence electrons. The molecule has 0 unspecified atom stereocenters. The Kier molecular flexibility index (Phi) is 5.17. The van der Waals surface area contributed by atoms with Crippen LogP contribution in [-0.2, 0) is 16.1 Å². The lowest BCUT2D eigenvalue weighted by Gasteiger charge is -2.04. The molecule has 2 rings (SSSR count). The van der Waals surface area contributed by atoms with Gasteiger partial charge in [-0.1, -0.05) is 36.4 Å². The molecule has 0 aliphatic heterocycles. The number of hydrogen-bond acceptors (Lipinski definition) is 5. The summed E-state index contributed by atoms with van der Waals surface area (Å²) in [4.78, 5) is 27.3. The lowest BCUT2D eigenvalue weighted by Crippen LogP contribution is -2.13. The number of hydrogen-bond donors (Lipinski definition) is 0. The lowest BCUT2D eigenvalue weighted by molar-refractivity contribution is 0.0593. The fourth-order valence-corrected chi connectivity index (χ4v) is 1.72. The smallest absolute Gasteiger partial charge is 0.356 e. The minimum absolute atomic E-state index is 0.0908. The Morgan fingerprint density at radius 2 is 1.71 bits per heavy atom. The van der Waals surface area contributed by atoms with E-state index >= 15 is 0 Å². The Morgan fingerprint density at radius 1 is 1.00 bits per heavy atom. The largest absolute Gasteiger partial charge is 0.464 e. The molecule has 0 saturated carbocycles. The van der Waals surface area contributed by atoms with E-state index in [1.165, 1.54) is 13.2 Å². The average molecular weight is 285 g/mol. The lowest BCUT2D eigenvalue weighted by atomic mass is 10.2. The standard InChI is InChI=1S/C16H15NO4/c1-20-16(19)14-9-5-8-13(17-14)15(18)11-21-10-12-6-3-2-4-7-12/h2-9H,10-11H2,1H3. The Morgan fingerprint density at radius 3 is 2.43 bits per heavy atom. The second-order valence-corrected chi connectivity index (χ2v) is 4.30. The molecule has 21 heavy (non-hydrogen) atoms. The van der Waals surface area contributed by atoms with E-state index in [1.807, 2.05) is 30.3 Å². The highest BCUT2D eigenvalue weighted by molar-refractivity contribution is 5.96. The number of esters is 1. The van der Waals surface area contributed by atoms with Crippen LogP contribution in [0.4, 0.5) is 0 Å². The molecule has 0 aliphatic carbocycles. The van der Waals surface area contributed by atoms with Crippen molar-refractivity contribution in [3.63, 3.8) is 0 Å². The second-order valence-electron chi connectivity index (χ2n) is 4.30. The van der Waals surface area contributed by atoms with E-state index in [4.69, 9.17) is 4.74 Å². The summed E-state index contributed by atoms with van der Waals surface area (Å²) >= 11 is 0. The summed E-state index contributed by atoms with van der Waals surface area (Å²) in [6.45, 7) is 0.260. The van der Waals surface area contributed by atoms with Gasteiger partial charge in [-0.15, -0.1) is 0 Å². The highest BCUT2D eigenvalue weighted by Crippen LogP contribution is 2.04. The molecule has 5 heteroatoms. The predicted octanol–water partition coefficient (Wildman–Crippen LogP) is 2.27. The number of methoxy groups -OCH3 is 1. The summed E-state index contributed by atoms with van der Waals surface area (Å²) in [6.07, 6.45) is 0. The third-order valence-corrected chi connectivity index (χ3v) is 2.77. The number of carbonyl (C=O) groups is 2. The molecule has 0 saturated heterocycles. The second kappa shape index (κ2) is 7.31. The van der Waals surface area contributed by atoms with Gasteiger partial charge in [0, 0.05) is 0 Å². The Bertz CT molecular complexity index is 625. The number of benzene rings is 1. The fraction of sp³-hybridized carbons (Fsp3) is 0.188. The van der Waals surface area contributed by atoms with Gasteiger partial charge in [-0.2, -0.15) is 0 Å². The Labute approximate surface area is 122 Å². The van der Waals surface area contributed by atoms with E-state index in [9.17, 15) is 9.59 Å². The minimum Gasteiger partial charge on any atom is -0.464 e. The molecule has 5 nitrogen and oxygen atoms in total.